The minimum absolute atomic E-state index is 0.0639. The highest BCUT2D eigenvalue weighted by Crippen LogP contribution is 2.36. The van der Waals surface area contributed by atoms with Crippen LogP contribution in [0.1, 0.15) is 33.6 Å². The predicted molar refractivity (Wildman–Crippen MR) is 144 cm³/mol. The molecule has 0 saturated carbocycles. The lowest BCUT2D eigenvalue weighted by Crippen LogP contribution is -2.44. The average molecular weight is 492 g/mol. The van der Waals surface area contributed by atoms with Gasteiger partial charge in [0.05, 0.1) is 11.1 Å². The molecule has 7 rings (SSSR count). The van der Waals surface area contributed by atoms with Crippen LogP contribution in [0.15, 0.2) is 82.7 Å². The monoisotopic (exact) mass is 491 g/mol. The van der Waals surface area contributed by atoms with Gasteiger partial charge in [-0.25, -0.2) is 0 Å². The number of amidine groups is 1. The number of benzene rings is 3. The van der Waals surface area contributed by atoms with Gasteiger partial charge in [-0.15, -0.1) is 16.4 Å². The van der Waals surface area contributed by atoms with E-state index in [1.807, 2.05) is 66.7 Å². The molecule has 0 spiro atoms. The number of para-hydroxylation sites is 1. The van der Waals surface area contributed by atoms with Crippen molar-refractivity contribution >= 4 is 55.6 Å². The van der Waals surface area contributed by atoms with E-state index in [4.69, 9.17) is 4.98 Å². The third-order valence-corrected chi connectivity index (χ3v) is 7.99. The highest BCUT2D eigenvalue weighted by atomic mass is 32.1. The lowest BCUT2D eigenvalue weighted by atomic mass is 9.97. The van der Waals surface area contributed by atoms with Gasteiger partial charge in [0.1, 0.15) is 4.83 Å². The molecule has 0 atom stereocenters. The highest BCUT2D eigenvalue weighted by Gasteiger charge is 2.30. The van der Waals surface area contributed by atoms with Crippen LogP contribution in [0.25, 0.3) is 21.0 Å². The van der Waals surface area contributed by atoms with Crippen LogP contribution in [0.5, 0.6) is 0 Å². The molecular formula is C28H21N5O2S. The van der Waals surface area contributed by atoms with Crippen LogP contribution in [-0.4, -0.2) is 21.3 Å². The molecule has 3 aromatic carbocycles. The molecule has 176 valence electrons. The third-order valence-electron chi connectivity index (χ3n) is 6.81. The van der Waals surface area contributed by atoms with E-state index in [1.54, 1.807) is 22.4 Å². The number of carbonyl (C=O) groups is 1. The summed E-state index contributed by atoms with van der Waals surface area (Å²) in [5.41, 5.74) is 5.11. The first kappa shape index (κ1) is 21.0. The van der Waals surface area contributed by atoms with E-state index in [1.165, 1.54) is 9.55 Å². The van der Waals surface area contributed by atoms with Gasteiger partial charge < -0.3 is 0 Å². The fraction of sp³-hybridized carbons (Fsp3) is 0.143. The topological polar surface area (TPSA) is 79.6 Å². The second-order valence-corrected chi connectivity index (χ2v) is 10.1. The first-order valence-corrected chi connectivity index (χ1v) is 12.8. The Balaban J connectivity index is 1.40. The zero-order chi connectivity index (χ0) is 24.2. The molecule has 0 fully saturated rings. The van der Waals surface area contributed by atoms with Crippen molar-refractivity contribution in [2.24, 2.45) is 5.10 Å². The number of ketones is 1. The predicted octanol–water partition coefficient (Wildman–Crippen LogP) is 5.38. The Morgan fingerprint density at radius 2 is 1.69 bits per heavy atom. The number of hydrogen-bond acceptors (Lipinski definition) is 7. The van der Waals surface area contributed by atoms with Crippen LogP contribution in [0, 0.1) is 0 Å². The minimum Gasteiger partial charge on any atom is -0.285 e. The first-order chi connectivity index (χ1) is 17.7. The van der Waals surface area contributed by atoms with Gasteiger partial charge in [-0.2, -0.15) is 14.7 Å². The summed E-state index contributed by atoms with van der Waals surface area (Å²) in [5, 5.41) is 8.89. The number of fused-ring (bicyclic) bond motifs is 5. The van der Waals surface area contributed by atoms with Crippen LogP contribution in [0.3, 0.4) is 0 Å². The number of hydrogen-bond donors (Lipinski definition) is 1. The lowest BCUT2D eigenvalue weighted by molar-refractivity contribution is 0.106. The Labute approximate surface area is 210 Å². The Morgan fingerprint density at radius 3 is 2.56 bits per heavy atom. The van der Waals surface area contributed by atoms with Crippen LogP contribution in [0.2, 0.25) is 0 Å². The summed E-state index contributed by atoms with van der Waals surface area (Å²) >= 11 is 1.59. The van der Waals surface area contributed by atoms with E-state index in [-0.39, 0.29) is 17.2 Å². The molecule has 1 aliphatic carbocycles. The van der Waals surface area contributed by atoms with Gasteiger partial charge in [-0.05, 0) is 60.2 Å². The van der Waals surface area contributed by atoms with Crippen molar-refractivity contribution in [2.45, 2.75) is 25.7 Å². The number of nitrogens with zero attached hydrogens (tertiary/aromatic N) is 4. The molecule has 3 heterocycles. The quantitative estimate of drug-likeness (QED) is 0.343. The maximum absolute atomic E-state index is 13.8. The van der Waals surface area contributed by atoms with E-state index in [0.717, 1.165) is 46.8 Å². The number of Topliss-reactive ketones (excluding diaryl/α,β-unsaturated/α-hetero) is 1. The molecule has 0 radical (unpaired) electrons. The van der Waals surface area contributed by atoms with Gasteiger partial charge in [0.25, 0.3) is 11.5 Å². The van der Waals surface area contributed by atoms with E-state index in [9.17, 15) is 9.59 Å². The third kappa shape index (κ3) is 3.25. The zero-order valence-corrected chi connectivity index (χ0v) is 20.1. The number of carbonyl (C=O) groups excluding carboxylic acids is 1. The molecule has 5 aromatic rings. The van der Waals surface area contributed by atoms with E-state index in [0.29, 0.717) is 22.6 Å². The summed E-state index contributed by atoms with van der Waals surface area (Å²) in [5.74, 6) is 0.105. The van der Waals surface area contributed by atoms with Gasteiger partial charge in [-0.3, -0.25) is 15.0 Å². The van der Waals surface area contributed by atoms with Crippen molar-refractivity contribution in [2.75, 3.05) is 10.4 Å². The highest BCUT2D eigenvalue weighted by molar-refractivity contribution is 7.18. The van der Waals surface area contributed by atoms with Crippen LogP contribution >= 0.6 is 11.3 Å². The Hall–Kier alpha value is -4.30. The SMILES string of the molecule is O=C(C1=NN(c2ccccc2)c2nc3sc4c(c3c(=O)n2N1)CCCC4)c1ccc2ccccc2c1. The van der Waals surface area contributed by atoms with Gasteiger partial charge in [0, 0.05) is 10.4 Å². The van der Waals surface area contributed by atoms with Crippen LogP contribution < -0.4 is 16.0 Å². The Kier molecular flexibility index (Phi) is 4.75. The fourth-order valence-corrected chi connectivity index (χ4v) is 6.26. The largest absolute Gasteiger partial charge is 0.285 e. The lowest BCUT2D eigenvalue weighted by Gasteiger charge is -2.28. The molecule has 0 unspecified atom stereocenters. The molecular weight excluding hydrogens is 470 g/mol. The number of nitrogens with one attached hydrogen (secondary N) is 1. The molecule has 0 amide bonds. The number of aromatic nitrogens is 2. The average Bonchev–Trinajstić information content (AvgIpc) is 3.31. The summed E-state index contributed by atoms with van der Waals surface area (Å²) in [6.45, 7) is 0. The number of anilines is 2. The minimum atomic E-state index is -0.299. The standard InChI is InChI=1S/C28H21N5O2S/c34-24(19-15-14-17-8-4-5-9-18(17)16-19)25-30-32(20-10-2-1-3-11-20)28-29-26-23(27(35)33(28)31-25)21-12-6-7-13-22(21)36-26/h1-5,8-11,14-16H,6-7,12-13H2,(H,30,31). The van der Waals surface area contributed by atoms with Crippen LogP contribution in [-0.2, 0) is 12.8 Å². The summed E-state index contributed by atoms with van der Waals surface area (Å²) in [6.07, 6.45) is 4.05. The number of aryl methyl sites for hydroxylation is 2. The van der Waals surface area contributed by atoms with Gasteiger partial charge >= 0.3 is 0 Å². The van der Waals surface area contributed by atoms with E-state index >= 15 is 0 Å². The van der Waals surface area contributed by atoms with Crippen molar-refractivity contribution < 1.29 is 4.79 Å². The number of hydrazone groups is 1. The number of rotatable bonds is 3. The van der Waals surface area contributed by atoms with Gasteiger partial charge in [0.15, 0.2) is 0 Å². The second kappa shape index (κ2) is 8.13. The van der Waals surface area contributed by atoms with Gasteiger partial charge in [0.2, 0.25) is 11.6 Å². The summed E-state index contributed by atoms with van der Waals surface area (Å²) in [4.78, 5) is 34.3. The molecule has 8 heteroatoms. The van der Waals surface area contributed by atoms with E-state index in [2.05, 4.69) is 10.5 Å². The maximum atomic E-state index is 13.8. The van der Waals surface area contributed by atoms with Crippen molar-refractivity contribution in [3.63, 3.8) is 0 Å². The Morgan fingerprint density at radius 1 is 0.917 bits per heavy atom. The molecule has 2 aromatic heterocycles. The second-order valence-electron chi connectivity index (χ2n) is 9.04. The molecule has 0 saturated heterocycles. The molecule has 0 bridgehead atoms. The molecule has 36 heavy (non-hydrogen) atoms. The molecule has 1 N–H and O–H groups in total. The smallest absolute Gasteiger partial charge is 0.283 e. The van der Waals surface area contributed by atoms with Crippen molar-refractivity contribution in [3.8, 4) is 0 Å². The Bertz CT molecular complexity index is 1770. The van der Waals surface area contributed by atoms with Crippen molar-refractivity contribution in [1.82, 2.24) is 9.66 Å². The van der Waals surface area contributed by atoms with Crippen molar-refractivity contribution in [1.29, 1.82) is 0 Å². The molecule has 7 nitrogen and oxygen atoms in total. The molecule has 1 aliphatic heterocycles. The summed E-state index contributed by atoms with van der Waals surface area (Å²) in [7, 11) is 0. The first-order valence-electron chi connectivity index (χ1n) is 12.0. The zero-order valence-electron chi connectivity index (χ0n) is 19.3. The van der Waals surface area contributed by atoms with E-state index < -0.39 is 0 Å². The summed E-state index contributed by atoms with van der Waals surface area (Å²) in [6, 6.07) is 22.9. The molecule has 2 aliphatic rings. The maximum Gasteiger partial charge on any atom is 0.283 e. The fourth-order valence-electron chi connectivity index (χ4n) is 5.02. The van der Waals surface area contributed by atoms with Crippen LogP contribution in [0.4, 0.5) is 11.6 Å². The normalized spacial score (nSPS) is 14.8. The van der Waals surface area contributed by atoms with Gasteiger partial charge in [-0.1, -0.05) is 54.6 Å². The van der Waals surface area contributed by atoms with Crippen molar-refractivity contribution in [3.05, 3.63) is 99.2 Å². The summed E-state index contributed by atoms with van der Waals surface area (Å²) < 4.78 is 1.37. The number of thiophene rings is 1.